The van der Waals surface area contributed by atoms with Crippen molar-refractivity contribution in [2.75, 3.05) is 0 Å². The number of nitrogens with zero attached hydrogens (tertiary/aromatic N) is 3. The number of aryl methyl sites for hydroxylation is 1. The molecule has 138 valence electrons. The Hall–Kier alpha value is -3.83. The molecule has 1 unspecified atom stereocenters. The van der Waals surface area contributed by atoms with Crippen molar-refractivity contribution in [3.05, 3.63) is 77.5 Å². The zero-order valence-electron chi connectivity index (χ0n) is 15.6. The van der Waals surface area contributed by atoms with E-state index in [2.05, 4.69) is 17.5 Å². The van der Waals surface area contributed by atoms with E-state index in [1.807, 2.05) is 54.1 Å². The summed E-state index contributed by atoms with van der Waals surface area (Å²) in [6, 6.07) is 19.2. The largest absolute Gasteiger partial charge is 0.346 e. The molecule has 0 aliphatic rings. The highest BCUT2D eigenvalue weighted by Gasteiger charge is 2.09. The number of hydrogen-bond donors (Lipinski definition) is 1. The molecule has 3 rings (SSSR count). The second-order valence-corrected chi connectivity index (χ2v) is 6.50. The lowest BCUT2D eigenvalue weighted by Crippen LogP contribution is -2.24. The van der Waals surface area contributed by atoms with Crippen molar-refractivity contribution in [2.45, 2.75) is 25.9 Å². The van der Waals surface area contributed by atoms with Crippen molar-refractivity contribution in [3.8, 4) is 12.1 Å². The predicted molar refractivity (Wildman–Crippen MR) is 109 cm³/mol. The van der Waals surface area contributed by atoms with E-state index >= 15 is 0 Å². The molecule has 1 aromatic heterocycles. The number of amides is 1. The highest BCUT2D eigenvalue weighted by atomic mass is 16.1. The summed E-state index contributed by atoms with van der Waals surface area (Å²) in [7, 11) is 0. The second kappa shape index (κ2) is 8.70. The van der Waals surface area contributed by atoms with Gasteiger partial charge >= 0.3 is 0 Å². The molecule has 1 atom stereocenters. The van der Waals surface area contributed by atoms with Crippen molar-refractivity contribution < 1.29 is 4.79 Å². The van der Waals surface area contributed by atoms with Crippen LogP contribution >= 0.6 is 0 Å². The summed E-state index contributed by atoms with van der Waals surface area (Å²) in [5, 5.41) is 21.7. The third-order valence-electron chi connectivity index (χ3n) is 4.60. The van der Waals surface area contributed by atoms with Gasteiger partial charge in [0.1, 0.15) is 0 Å². The zero-order valence-corrected chi connectivity index (χ0v) is 15.6. The van der Waals surface area contributed by atoms with Gasteiger partial charge in [0.05, 0.1) is 30.2 Å². The van der Waals surface area contributed by atoms with Crippen molar-refractivity contribution in [2.24, 2.45) is 0 Å². The normalized spacial score (nSPS) is 11.8. The Kier molecular flexibility index (Phi) is 5.89. The van der Waals surface area contributed by atoms with Crippen molar-refractivity contribution in [1.29, 1.82) is 10.5 Å². The Labute approximate surface area is 164 Å². The third kappa shape index (κ3) is 4.28. The number of para-hydroxylation sites is 1. The minimum Gasteiger partial charge on any atom is -0.346 e. The standard InChI is InChI=1S/C23H20N4O/c1-17(19-9-7-18(15-25)8-10-19)26-23(28)12-11-20-16-27(14-4-13-24)22-6-3-2-5-21(20)22/h2-3,5-12,16-17H,4,14H2,1H3,(H,26,28)/b12-11+. The lowest BCUT2D eigenvalue weighted by molar-refractivity contribution is -0.117. The first kappa shape index (κ1) is 18.9. The van der Waals surface area contributed by atoms with Gasteiger partial charge in [-0.3, -0.25) is 4.79 Å². The fourth-order valence-corrected chi connectivity index (χ4v) is 3.12. The number of nitriles is 2. The van der Waals surface area contributed by atoms with Crippen LogP contribution in [0.2, 0.25) is 0 Å². The monoisotopic (exact) mass is 368 g/mol. The van der Waals surface area contributed by atoms with Crippen LogP contribution < -0.4 is 5.32 Å². The lowest BCUT2D eigenvalue weighted by Gasteiger charge is -2.12. The first-order chi connectivity index (χ1) is 13.6. The molecule has 1 N–H and O–H groups in total. The summed E-state index contributed by atoms with van der Waals surface area (Å²) >= 11 is 0. The number of carbonyl (C=O) groups excluding carboxylic acids is 1. The maximum Gasteiger partial charge on any atom is 0.244 e. The van der Waals surface area contributed by atoms with E-state index in [-0.39, 0.29) is 11.9 Å². The van der Waals surface area contributed by atoms with Crippen molar-refractivity contribution in [3.63, 3.8) is 0 Å². The van der Waals surface area contributed by atoms with Gasteiger partial charge in [0, 0.05) is 35.3 Å². The molecule has 5 heteroatoms. The zero-order chi connectivity index (χ0) is 19.9. The molecule has 0 bridgehead atoms. The quantitative estimate of drug-likeness (QED) is 0.658. The van der Waals surface area contributed by atoms with Gasteiger partial charge in [-0.2, -0.15) is 10.5 Å². The number of hydrogen-bond acceptors (Lipinski definition) is 3. The minimum atomic E-state index is -0.189. The van der Waals surface area contributed by atoms with E-state index in [1.165, 1.54) is 6.08 Å². The summed E-state index contributed by atoms with van der Waals surface area (Å²) in [4.78, 5) is 12.3. The van der Waals surface area contributed by atoms with Crippen LogP contribution in [-0.4, -0.2) is 10.5 Å². The van der Waals surface area contributed by atoms with Gasteiger partial charge in [-0.25, -0.2) is 0 Å². The van der Waals surface area contributed by atoms with Crippen LogP contribution in [0.3, 0.4) is 0 Å². The minimum absolute atomic E-state index is 0.165. The second-order valence-electron chi connectivity index (χ2n) is 6.50. The molecule has 0 radical (unpaired) electrons. The molecule has 0 spiro atoms. The first-order valence-corrected chi connectivity index (χ1v) is 9.06. The van der Waals surface area contributed by atoms with Crippen molar-refractivity contribution >= 4 is 22.9 Å². The van der Waals surface area contributed by atoms with Gasteiger partial charge < -0.3 is 9.88 Å². The maximum atomic E-state index is 12.3. The van der Waals surface area contributed by atoms with Crippen LogP contribution in [0.25, 0.3) is 17.0 Å². The van der Waals surface area contributed by atoms with Gasteiger partial charge in [0.15, 0.2) is 0 Å². The summed E-state index contributed by atoms with van der Waals surface area (Å²) < 4.78 is 2.04. The smallest absolute Gasteiger partial charge is 0.244 e. The summed E-state index contributed by atoms with van der Waals surface area (Å²) in [6.07, 6.45) is 5.73. The predicted octanol–water partition coefficient (Wildman–Crippen LogP) is 4.32. The van der Waals surface area contributed by atoms with E-state index in [1.54, 1.807) is 18.2 Å². The Morgan fingerprint density at radius 1 is 1.18 bits per heavy atom. The molecular formula is C23H20N4O. The molecule has 0 aliphatic heterocycles. The van der Waals surface area contributed by atoms with Crippen LogP contribution in [-0.2, 0) is 11.3 Å². The van der Waals surface area contributed by atoms with Gasteiger partial charge in [0.2, 0.25) is 5.91 Å². The Bertz CT molecular complexity index is 1090. The molecule has 0 saturated heterocycles. The summed E-state index contributed by atoms with van der Waals surface area (Å²) in [5.74, 6) is -0.189. The van der Waals surface area contributed by atoms with E-state index in [0.717, 1.165) is 22.0 Å². The lowest BCUT2D eigenvalue weighted by atomic mass is 10.1. The molecule has 1 heterocycles. The topological polar surface area (TPSA) is 81.6 Å². The molecule has 3 aromatic rings. The van der Waals surface area contributed by atoms with Crippen LogP contribution in [0.4, 0.5) is 0 Å². The molecule has 28 heavy (non-hydrogen) atoms. The fourth-order valence-electron chi connectivity index (χ4n) is 3.12. The Morgan fingerprint density at radius 3 is 2.64 bits per heavy atom. The Morgan fingerprint density at radius 2 is 1.93 bits per heavy atom. The molecule has 0 saturated carbocycles. The highest BCUT2D eigenvalue weighted by molar-refractivity contribution is 5.96. The number of rotatable bonds is 6. The molecule has 1 amide bonds. The number of fused-ring (bicyclic) bond motifs is 1. The number of benzene rings is 2. The molecule has 0 fully saturated rings. The average Bonchev–Trinajstić information content (AvgIpc) is 3.08. The van der Waals surface area contributed by atoms with Gasteiger partial charge in [-0.15, -0.1) is 0 Å². The number of aromatic nitrogens is 1. The highest BCUT2D eigenvalue weighted by Crippen LogP contribution is 2.23. The van der Waals surface area contributed by atoms with Crippen LogP contribution in [0.15, 0.2) is 60.8 Å². The molecule has 5 nitrogen and oxygen atoms in total. The van der Waals surface area contributed by atoms with Crippen LogP contribution in [0.5, 0.6) is 0 Å². The number of nitrogens with one attached hydrogen (secondary N) is 1. The first-order valence-electron chi connectivity index (χ1n) is 9.06. The van der Waals surface area contributed by atoms with E-state index in [4.69, 9.17) is 10.5 Å². The van der Waals surface area contributed by atoms with Crippen LogP contribution in [0.1, 0.15) is 36.1 Å². The average molecular weight is 368 g/mol. The van der Waals surface area contributed by atoms with Gasteiger partial charge in [0.25, 0.3) is 0 Å². The Balaban J connectivity index is 1.73. The van der Waals surface area contributed by atoms with Gasteiger partial charge in [-0.1, -0.05) is 30.3 Å². The summed E-state index contributed by atoms with van der Waals surface area (Å²) in [6.45, 7) is 2.52. The van der Waals surface area contributed by atoms with E-state index < -0.39 is 0 Å². The van der Waals surface area contributed by atoms with Crippen molar-refractivity contribution in [1.82, 2.24) is 9.88 Å². The third-order valence-corrected chi connectivity index (χ3v) is 4.60. The SMILES string of the molecule is CC(NC(=O)/C=C/c1cn(CCC#N)c2ccccc12)c1ccc(C#N)cc1. The molecule has 0 aliphatic carbocycles. The molecular weight excluding hydrogens is 348 g/mol. The maximum absolute atomic E-state index is 12.3. The van der Waals surface area contributed by atoms with Gasteiger partial charge in [-0.05, 0) is 36.8 Å². The number of carbonyl (C=O) groups is 1. The fraction of sp³-hybridized carbons (Fsp3) is 0.174. The molecule has 2 aromatic carbocycles. The van der Waals surface area contributed by atoms with E-state index in [9.17, 15) is 4.79 Å². The summed E-state index contributed by atoms with van der Waals surface area (Å²) in [5.41, 5.74) is 3.52. The van der Waals surface area contributed by atoms with Crippen LogP contribution in [0, 0.1) is 22.7 Å². The van der Waals surface area contributed by atoms with E-state index in [0.29, 0.717) is 18.5 Å².